The van der Waals surface area contributed by atoms with Crippen LogP contribution < -0.4 is 5.32 Å². The molecule has 0 aliphatic carbocycles. The summed E-state index contributed by atoms with van der Waals surface area (Å²) in [5.41, 5.74) is 2.55. The number of aromatic nitrogens is 1. The molecule has 2 N–H and O–H groups in total. The first kappa shape index (κ1) is 16.6. The van der Waals surface area contributed by atoms with Gasteiger partial charge in [0.25, 0.3) is 5.91 Å². The Labute approximate surface area is 134 Å². The quantitative estimate of drug-likeness (QED) is 0.857. The average molecular weight is 320 g/mol. The number of thiazole rings is 1. The number of nitrogens with zero attached hydrogens (tertiary/aromatic N) is 1. The van der Waals surface area contributed by atoms with Crippen molar-refractivity contribution in [2.45, 2.75) is 26.6 Å². The predicted octanol–water partition coefficient (Wildman–Crippen LogP) is 2.37. The number of carbonyl (C=O) groups is 1. The Kier molecular flexibility index (Phi) is 5.65. The molecule has 1 unspecified atom stereocenters. The second-order valence-electron chi connectivity index (χ2n) is 5.10. The van der Waals surface area contributed by atoms with Gasteiger partial charge in [-0.1, -0.05) is 29.8 Å². The molecular formula is C16H20N2O3S. The van der Waals surface area contributed by atoms with Crippen molar-refractivity contribution in [1.82, 2.24) is 10.3 Å². The van der Waals surface area contributed by atoms with E-state index in [1.54, 1.807) is 14.0 Å². The highest BCUT2D eigenvalue weighted by molar-refractivity contribution is 7.13. The van der Waals surface area contributed by atoms with E-state index < -0.39 is 6.10 Å². The van der Waals surface area contributed by atoms with Gasteiger partial charge in [-0.05, 0) is 19.4 Å². The number of nitrogens with one attached hydrogen (secondary N) is 1. The number of rotatable bonds is 6. The molecule has 0 aliphatic rings. The van der Waals surface area contributed by atoms with Gasteiger partial charge >= 0.3 is 0 Å². The van der Waals surface area contributed by atoms with E-state index in [1.165, 1.54) is 11.3 Å². The Bertz CT molecular complexity index is 655. The van der Waals surface area contributed by atoms with Gasteiger partial charge in [-0.3, -0.25) is 4.79 Å². The molecule has 22 heavy (non-hydrogen) atoms. The van der Waals surface area contributed by atoms with Crippen molar-refractivity contribution < 1.29 is 14.6 Å². The van der Waals surface area contributed by atoms with E-state index in [9.17, 15) is 9.90 Å². The third-order valence-corrected chi connectivity index (χ3v) is 4.33. The third kappa shape index (κ3) is 4.13. The minimum atomic E-state index is -0.726. The maximum atomic E-state index is 12.2. The van der Waals surface area contributed by atoms with Gasteiger partial charge in [0.05, 0.1) is 18.4 Å². The van der Waals surface area contributed by atoms with E-state index in [0.717, 1.165) is 16.1 Å². The molecule has 1 heterocycles. The second-order valence-corrected chi connectivity index (χ2v) is 6.18. The van der Waals surface area contributed by atoms with E-state index in [4.69, 9.17) is 4.74 Å². The number of aliphatic hydroxyl groups excluding tert-OH is 1. The topological polar surface area (TPSA) is 71.5 Å². The minimum Gasteiger partial charge on any atom is -0.387 e. The number of hydrogen-bond donors (Lipinski definition) is 2. The van der Waals surface area contributed by atoms with Crippen LogP contribution in [0.4, 0.5) is 0 Å². The standard InChI is InChI=1S/C16H20N2O3S/c1-10-5-4-6-12(7-10)13(19)8-17-16(20)15-11(2)18-14(22-15)9-21-3/h4-7,13,19H,8-9H2,1-3H3,(H,17,20). The lowest BCUT2D eigenvalue weighted by Crippen LogP contribution is -2.28. The predicted molar refractivity (Wildman–Crippen MR) is 86.0 cm³/mol. The highest BCUT2D eigenvalue weighted by Gasteiger charge is 2.16. The van der Waals surface area contributed by atoms with Crippen molar-refractivity contribution in [3.8, 4) is 0 Å². The van der Waals surface area contributed by atoms with Crippen LogP contribution in [-0.4, -0.2) is 29.7 Å². The molecule has 2 aromatic rings. The zero-order valence-electron chi connectivity index (χ0n) is 12.9. The number of benzene rings is 1. The molecule has 1 aromatic carbocycles. The number of aliphatic hydroxyl groups is 1. The Balaban J connectivity index is 1.97. The third-order valence-electron chi connectivity index (χ3n) is 3.20. The van der Waals surface area contributed by atoms with Crippen LogP contribution >= 0.6 is 11.3 Å². The van der Waals surface area contributed by atoms with Crippen LogP contribution in [-0.2, 0) is 11.3 Å². The van der Waals surface area contributed by atoms with Gasteiger partial charge < -0.3 is 15.2 Å². The number of carbonyl (C=O) groups excluding carboxylic acids is 1. The van der Waals surface area contributed by atoms with Crippen LogP contribution in [0, 0.1) is 13.8 Å². The lowest BCUT2D eigenvalue weighted by atomic mass is 10.1. The maximum absolute atomic E-state index is 12.2. The Hall–Kier alpha value is -1.76. The molecule has 6 heteroatoms. The number of aryl methyl sites for hydroxylation is 2. The molecule has 0 saturated heterocycles. The lowest BCUT2D eigenvalue weighted by molar-refractivity contribution is 0.0919. The van der Waals surface area contributed by atoms with Gasteiger partial charge in [-0.2, -0.15) is 0 Å². The van der Waals surface area contributed by atoms with Crippen molar-refractivity contribution in [1.29, 1.82) is 0 Å². The van der Waals surface area contributed by atoms with E-state index in [1.807, 2.05) is 31.2 Å². The normalized spacial score (nSPS) is 12.2. The molecule has 0 bridgehead atoms. The van der Waals surface area contributed by atoms with E-state index in [2.05, 4.69) is 10.3 Å². The SMILES string of the molecule is COCc1nc(C)c(C(=O)NCC(O)c2cccc(C)c2)s1. The van der Waals surface area contributed by atoms with Crippen molar-refractivity contribution in [2.75, 3.05) is 13.7 Å². The fraction of sp³-hybridized carbons (Fsp3) is 0.375. The molecule has 0 saturated carbocycles. The molecule has 0 radical (unpaired) electrons. The fourth-order valence-electron chi connectivity index (χ4n) is 2.11. The molecule has 0 fully saturated rings. The summed E-state index contributed by atoms with van der Waals surface area (Å²) < 4.78 is 5.02. The summed E-state index contributed by atoms with van der Waals surface area (Å²) in [6, 6.07) is 7.61. The van der Waals surface area contributed by atoms with Crippen LogP contribution in [0.5, 0.6) is 0 Å². The maximum Gasteiger partial charge on any atom is 0.263 e. The molecule has 2 rings (SSSR count). The molecule has 1 atom stereocenters. The van der Waals surface area contributed by atoms with Crippen molar-refractivity contribution in [3.63, 3.8) is 0 Å². The van der Waals surface area contributed by atoms with E-state index >= 15 is 0 Å². The largest absolute Gasteiger partial charge is 0.387 e. The summed E-state index contributed by atoms with van der Waals surface area (Å²) in [4.78, 5) is 17.0. The van der Waals surface area contributed by atoms with Crippen molar-refractivity contribution in [2.24, 2.45) is 0 Å². The molecule has 0 aliphatic heterocycles. The van der Waals surface area contributed by atoms with Crippen molar-refractivity contribution >= 4 is 17.2 Å². The summed E-state index contributed by atoms with van der Waals surface area (Å²) in [5.74, 6) is -0.218. The number of methoxy groups -OCH3 is 1. The monoisotopic (exact) mass is 320 g/mol. The number of hydrogen-bond acceptors (Lipinski definition) is 5. The minimum absolute atomic E-state index is 0.166. The highest BCUT2D eigenvalue weighted by atomic mass is 32.1. The number of amides is 1. The summed E-state index contributed by atoms with van der Waals surface area (Å²) >= 11 is 1.31. The van der Waals surface area contributed by atoms with Crippen LogP contribution in [0.1, 0.15) is 37.6 Å². The molecule has 1 aromatic heterocycles. The summed E-state index contributed by atoms with van der Waals surface area (Å²) in [6.45, 7) is 4.32. The lowest BCUT2D eigenvalue weighted by Gasteiger charge is -2.12. The Morgan fingerprint density at radius 1 is 1.45 bits per heavy atom. The van der Waals surface area contributed by atoms with E-state index in [-0.39, 0.29) is 12.5 Å². The van der Waals surface area contributed by atoms with Gasteiger partial charge in [-0.15, -0.1) is 11.3 Å². The van der Waals surface area contributed by atoms with Crippen LogP contribution in [0.2, 0.25) is 0 Å². The first-order chi connectivity index (χ1) is 10.5. The molecule has 118 valence electrons. The van der Waals surface area contributed by atoms with Crippen LogP contribution in [0.25, 0.3) is 0 Å². The first-order valence-electron chi connectivity index (χ1n) is 6.99. The summed E-state index contributed by atoms with van der Waals surface area (Å²) in [5, 5.41) is 13.7. The van der Waals surface area contributed by atoms with E-state index in [0.29, 0.717) is 17.2 Å². The Morgan fingerprint density at radius 2 is 2.23 bits per heavy atom. The molecular weight excluding hydrogens is 300 g/mol. The van der Waals surface area contributed by atoms with Crippen LogP contribution in [0.15, 0.2) is 24.3 Å². The highest BCUT2D eigenvalue weighted by Crippen LogP contribution is 2.19. The number of ether oxygens (including phenoxy) is 1. The van der Waals surface area contributed by atoms with Gasteiger partial charge in [0.15, 0.2) is 0 Å². The fourth-order valence-corrected chi connectivity index (χ4v) is 3.07. The van der Waals surface area contributed by atoms with Gasteiger partial charge in [-0.25, -0.2) is 4.98 Å². The van der Waals surface area contributed by atoms with Crippen LogP contribution in [0.3, 0.4) is 0 Å². The molecule has 1 amide bonds. The zero-order valence-corrected chi connectivity index (χ0v) is 13.7. The average Bonchev–Trinajstić information content (AvgIpc) is 2.85. The van der Waals surface area contributed by atoms with Gasteiger partial charge in [0.1, 0.15) is 9.88 Å². The Morgan fingerprint density at radius 3 is 2.91 bits per heavy atom. The van der Waals surface area contributed by atoms with Crippen molar-refractivity contribution in [3.05, 3.63) is 51.0 Å². The molecule has 0 spiro atoms. The summed E-state index contributed by atoms with van der Waals surface area (Å²) in [7, 11) is 1.59. The second kappa shape index (κ2) is 7.49. The van der Waals surface area contributed by atoms with Gasteiger partial charge in [0, 0.05) is 13.7 Å². The zero-order chi connectivity index (χ0) is 16.1. The smallest absolute Gasteiger partial charge is 0.263 e. The first-order valence-corrected chi connectivity index (χ1v) is 7.81. The van der Waals surface area contributed by atoms with Gasteiger partial charge in [0.2, 0.25) is 0 Å². The summed E-state index contributed by atoms with van der Waals surface area (Å²) in [6.07, 6.45) is -0.726. The molecule has 5 nitrogen and oxygen atoms in total.